The lowest BCUT2D eigenvalue weighted by atomic mass is 10.1. The molecular formula is C15H19N3O2. The van der Waals surface area contributed by atoms with Crippen molar-refractivity contribution in [2.75, 3.05) is 32.5 Å². The van der Waals surface area contributed by atoms with Gasteiger partial charge in [-0.2, -0.15) is 0 Å². The third kappa shape index (κ3) is 2.36. The van der Waals surface area contributed by atoms with Gasteiger partial charge in [0.25, 0.3) is 5.91 Å². The fourth-order valence-electron chi connectivity index (χ4n) is 2.83. The second-order valence-corrected chi connectivity index (χ2v) is 5.39. The van der Waals surface area contributed by atoms with Crippen LogP contribution in [0.5, 0.6) is 0 Å². The summed E-state index contributed by atoms with van der Waals surface area (Å²) in [6.07, 6.45) is 1.01. The van der Waals surface area contributed by atoms with Gasteiger partial charge in [-0.25, -0.2) is 0 Å². The normalized spacial score (nSPS) is 18.9. The van der Waals surface area contributed by atoms with E-state index in [9.17, 15) is 4.79 Å². The van der Waals surface area contributed by atoms with E-state index in [4.69, 9.17) is 10.5 Å². The summed E-state index contributed by atoms with van der Waals surface area (Å²) in [5.74, 6) is 0.502. The zero-order valence-corrected chi connectivity index (χ0v) is 11.6. The van der Waals surface area contributed by atoms with Gasteiger partial charge in [0.05, 0.1) is 6.61 Å². The molecule has 3 N–H and O–H groups in total. The van der Waals surface area contributed by atoms with Crippen LogP contribution in [0.3, 0.4) is 0 Å². The van der Waals surface area contributed by atoms with Crippen molar-refractivity contribution in [2.45, 2.75) is 6.42 Å². The molecule has 0 spiro atoms. The number of carbonyl (C=O) groups is 1. The molecule has 1 aliphatic rings. The summed E-state index contributed by atoms with van der Waals surface area (Å²) in [7, 11) is 1.70. The third-order valence-corrected chi connectivity index (χ3v) is 3.85. The van der Waals surface area contributed by atoms with Gasteiger partial charge in [0.15, 0.2) is 0 Å². The molecule has 1 aromatic carbocycles. The van der Waals surface area contributed by atoms with E-state index in [1.807, 2.05) is 29.2 Å². The number of aromatic amines is 1. The molecule has 5 heteroatoms. The summed E-state index contributed by atoms with van der Waals surface area (Å²) in [5.41, 5.74) is 8.03. The molecule has 1 aromatic heterocycles. The number of fused-ring (bicyclic) bond motifs is 1. The molecule has 5 nitrogen and oxygen atoms in total. The molecule has 1 amide bonds. The number of likely N-dealkylation sites (tertiary alicyclic amines) is 1. The molecule has 20 heavy (non-hydrogen) atoms. The van der Waals surface area contributed by atoms with Crippen LogP contribution in [0.4, 0.5) is 5.69 Å². The van der Waals surface area contributed by atoms with Gasteiger partial charge in [0.1, 0.15) is 5.69 Å². The summed E-state index contributed by atoms with van der Waals surface area (Å²) in [6, 6.07) is 7.48. The monoisotopic (exact) mass is 273 g/mol. The van der Waals surface area contributed by atoms with Crippen LogP contribution in [-0.2, 0) is 4.74 Å². The van der Waals surface area contributed by atoms with Crippen LogP contribution >= 0.6 is 0 Å². The maximum atomic E-state index is 12.5. The molecule has 3 rings (SSSR count). The minimum Gasteiger partial charge on any atom is -0.399 e. The zero-order valence-electron chi connectivity index (χ0n) is 11.6. The van der Waals surface area contributed by atoms with Crippen molar-refractivity contribution < 1.29 is 9.53 Å². The van der Waals surface area contributed by atoms with Crippen LogP contribution in [0.15, 0.2) is 24.3 Å². The number of hydrogen-bond donors (Lipinski definition) is 2. The number of amides is 1. The Kier molecular flexibility index (Phi) is 3.36. The van der Waals surface area contributed by atoms with E-state index in [-0.39, 0.29) is 5.91 Å². The molecule has 1 atom stereocenters. The first kappa shape index (κ1) is 13.0. The van der Waals surface area contributed by atoms with Crippen LogP contribution < -0.4 is 5.73 Å². The van der Waals surface area contributed by atoms with Gasteiger partial charge < -0.3 is 20.4 Å². The van der Waals surface area contributed by atoms with Crippen LogP contribution in [0.1, 0.15) is 16.9 Å². The van der Waals surface area contributed by atoms with Crippen molar-refractivity contribution >= 4 is 22.5 Å². The van der Waals surface area contributed by atoms with E-state index in [2.05, 4.69) is 4.98 Å². The highest BCUT2D eigenvalue weighted by Gasteiger charge is 2.27. The van der Waals surface area contributed by atoms with Crippen molar-refractivity contribution in [3.63, 3.8) is 0 Å². The van der Waals surface area contributed by atoms with Gasteiger partial charge in [-0.05, 0) is 30.7 Å². The lowest BCUT2D eigenvalue weighted by molar-refractivity contribution is 0.0770. The number of carbonyl (C=O) groups excluding carboxylic acids is 1. The standard InChI is InChI=1S/C15H19N3O2/c1-20-9-10-4-5-18(8-10)15(19)14-7-11-6-12(16)2-3-13(11)17-14/h2-3,6-7,10,17H,4-5,8-9,16H2,1H3. The number of H-pyrrole nitrogens is 1. The molecule has 0 bridgehead atoms. The average Bonchev–Trinajstić information content (AvgIpc) is 3.04. The highest BCUT2D eigenvalue weighted by molar-refractivity contribution is 5.98. The fourth-order valence-corrected chi connectivity index (χ4v) is 2.83. The molecular weight excluding hydrogens is 254 g/mol. The number of anilines is 1. The van der Waals surface area contributed by atoms with Crippen molar-refractivity contribution in [3.05, 3.63) is 30.0 Å². The smallest absolute Gasteiger partial charge is 0.270 e. The van der Waals surface area contributed by atoms with Crippen LogP contribution in [0.25, 0.3) is 10.9 Å². The van der Waals surface area contributed by atoms with Crippen LogP contribution in [0.2, 0.25) is 0 Å². The van der Waals surface area contributed by atoms with E-state index in [1.54, 1.807) is 7.11 Å². The number of benzene rings is 1. The van der Waals surface area contributed by atoms with Crippen molar-refractivity contribution in [1.82, 2.24) is 9.88 Å². The molecule has 2 heterocycles. The quantitative estimate of drug-likeness (QED) is 0.838. The van der Waals surface area contributed by atoms with E-state index >= 15 is 0 Å². The second kappa shape index (κ2) is 5.17. The number of nitrogens with one attached hydrogen (secondary N) is 1. The predicted octanol–water partition coefficient (Wildman–Crippen LogP) is 1.86. The number of rotatable bonds is 3. The van der Waals surface area contributed by atoms with Gasteiger partial charge in [0, 0.05) is 42.7 Å². The molecule has 0 saturated carbocycles. The largest absolute Gasteiger partial charge is 0.399 e. The van der Waals surface area contributed by atoms with Crippen molar-refractivity contribution in [2.24, 2.45) is 5.92 Å². The number of methoxy groups -OCH3 is 1. The highest BCUT2D eigenvalue weighted by Crippen LogP contribution is 2.22. The lowest BCUT2D eigenvalue weighted by Crippen LogP contribution is -2.29. The van der Waals surface area contributed by atoms with E-state index in [1.165, 1.54) is 0 Å². The van der Waals surface area contributed by atoms with E-state index in [0.29, 0.717) is 23.9 Å². The maximum absolute atomic E-state index is 12.5. The zero-order chi connectivity index (χ0) is 14.1. The maximum Gasteiger partial charge on any atom is 0.270 e. The second-order valence-electron chi connectivity index (χ2n) is 5.39. The molecule has 2 aromatic rings. The number of hydrogen-bond acceptors (Lipinski definition) is 3. The minimum atomic E-state index is 0.0541. The van der Waals surface area contributed by atoms with Gasteiger partial charge in [-0.1, -0.05) is 0 Å². The SMILES string of the molecule is COCC1CCN(C(=O)c2cc3cc(N)ccc3[nH]2)C1. The van der Waals surface area contributed by atoms with Crippen molar-refractivity contribution in [3.8, 4) is 0 Å². The number of aromatic nitrogens is 1. The Bertz CT molecular complexity index is 635. The molecule has 1 unspecified atom stereocenters. The summed E-state index contributed by atoms with van der Waals surface area (Å²) in [4.78, 5) is 17.5. The lowest BCUT2D eigenvalue weighted by Gasteiger charge is -2.15. The summed E-state index contributed by atoms with van der Waals surface area (Å²) >= 11 is 0. The van der Waals surface area contributed by atoms with Crippen LogP contribution in [-0.4, -0.2) is 42.6 Å². The van der Waals surface area contributed by atoms with E-state index in [0.717, 1.165) is 30.4 Å². The Morgan fingerprint density at radius 2 is 2.35 bits per heavy atom. The molecule has 0 radical (unpaired) electrons. The summed E-state index contributed by atoms with van der Waals surface area (Å²) < 4.78 is 5.16. The molecule has 1 saturated heterocycles. The van der Waals surface area contributed by atoms with E-state index < -0.39 is 0 Å². The Balaban J connectivity index is 1.79. The number of nitrogens with zero attached hydrogens (tertiary/aromatic N) is 1. The summed E-state index contributed by atoms with van der Waals surface area (Å²) in [5, 5.41) is 0.973. The third-order valence-electron chi connectivity index (χ3n) is 3.85. The molecule has 0 aliphatic carbocycles. The topological polar surface area (TPSA) is 71.3 Å². The first-order valence-corrected chi connectivity index (χ1v) is 6.84. The first-order valence-electron chi connectivity index (χ1n) is 6.84. The summed E-state index contributed by atoms with van der Waals surface area (Å²) in [6.45, 7) is 2.28. The van der Waals surface area contributed by atoms with Crippen LogP contribution in [0, 0.1) is 5.92 Å². The Morgan fingerprint density at radius 3 is 3.15 bits per heavy atom. The van der Waals surface area contributed by atoms with Gasteiger partial charge in [-0.3, -0.25) is 4.79 Å². The minimum absolute atomic E-state index is 0.0541. The Labute approximate surface area is 117 Å². The van der Waals surface area contributed by atoms with Gasteiger partial charge in [-0.15, -0.1) is 0 Å². The Hall–Kier alpha value is -2.01. The number of nitrogens with two attached hydrogens (primary N) is 1. The molecule has 1 fully saturated rings. The predicted molar refractivity (Wildman–Crippen MR) is 78.6 cm³/mol. The van der Waals surface area contributed by atoms with Gasteiger partial charge >= 0.3 is 0 Å². The first-order chi connectivity index (χ1) is 9.67. The fraction of sp³-hybridized carbons (Fsp3) is 0.400. The average molecular weight is 273 g/mol. The molecule has 1 aliphatic heterocycles. The highest BCUT2D eigenvalue weighted by atomic mass is 16.5. The van der Waals surface area contributed by atoms with Gasteiger partial charge in [0.2, 0.25) is 0 Å². The Morgan fingerprint density at radius 1 is 1.50 bits per heavy atom. The number of nitrogen functional groups attached to an aromatic ring is 1. The number of ether oxygens (including phenoxy) is 1. The molecule has 106 valence electrons. The van der Waals surface area contributed by atoms with Crippen molar-refractivity contribution in [1.29, 1.82) is 0 Å².